The Labute approximate surface area is 128 Å². The molecular formula is C19H25NO. The van der Waals surface area contributed by atoms with Crippen molar-refractivity contribution in [3.8, 4) is 11.5 Å². The van der Waals surface area contributed by atoms with Crippen LogP contribution in [-0.2, 0) is 6.54 Å². The van der Waals surface area contributed by atoms with Gasteiger partial charge in [0.25, 0.3) is 0 Å². The molecule has 0 amide bonds. The lowest BCUT2D eigenvalue weighted by atomic mass is 10.1. The highest BCUT2D eigenvalue weighted by Gasteiger charge is 2.07. The Bertz CT molecular complexity index is 605. The quantitative estimate of drug-likeness (QED) is 0.761. The molecule has 2 aromatic carbocycles. The second-order valence-electron chi connectivity index (χ2n) is 5.66. The van der Waals surface area contributed by atoms with Gasteiger partial charge in [0.15, 0.2) is 0 Å². The Morgan fingerprint density at radius 1 is 0.905 bits per heavy atom. The molecule has 1 N–H and O–H groups in total. The Kier molecular flexibility index (Phi) is 5.40. The number of aryl methyl sites for hydroxylation is 3. The van der Waals surface area contributed by atoms with Gasteiger partial charge in [0, 0.05) is 12.1 Å². The summed E-state index contributed by atoms with van der Waals surface area (Å²) in [5, 5.41) is 3.45. The fraction of sp³-hybridized carbons (Fsp3) is 0.368. The van der Waals surface area contributed by atoms with Gasteiger partial charge in [0.2, 0.25) is 0 Å². The van der Waals surface area contributed by atoms with Gasteiger partial charge in [-0.3, -0.25) is 0 Å². The molecule has 0 saturated carbocycles. The zero-order valence-corrected chi connectivity index (χ0v) is 13.5. The van der Waals surface area contributed by atoms with Crippen molar-refractivity contribution in [1.82, 2.24) is 5.32 Å². The Morgan fingerprint density at radius 2 is 1.57 bits per heavy atom. The summed E-state index contributed by atoms with van der Waals surface area (Å²) in [6.45, 7) is 10.3. The Balaban J connectivity index is 2.22. The molecule has 0 aliphatic carbocycles. The standard InChI is InChI=1S/C19H25NO/c1-5-10-20-13-17-12-15(3)7-9-19(17)21-18-8-6-14(2)11-16(18)4/h6-9,11-12,20H,5,10,13H2,1-4H3. The predicted octanol–water partition coefficient (Wildman–Crippen LogP) is 4.90. The number of hydrogen-bond acceptors (Lipinski definition) is 2. The third-order valence-corrected chi connectivity index (χ3v) is 3.51. The van der Waals surface area contributed by atoms with Gasteiger partial charge in [0.1, 0.15) is 11.5 Å². The maximum absolute atomic E-state index is 6.14. The van der Waals surface area contributed by atoms with E-state index in [-0.39, 0.29) is 0 Å². The minimum atomic E-state index is 0.843. The molecule has 2 heteroatoms. The molecule has 2 aromatic rings. The van der Waals surface area contributed by atoms with Crippen LogP contribution in [-0.4, -0.2) is 6.54 Å². The summed E-state index contributed by atoms with van der Waals surface area (Å²) in [4.78, 5) is 0. The van der Waals surface area contributed by atoms with Crippen molar-refractivity contribution >= 4 is 0 Å². The van der Waals surface area contributed by atoms with Crippen molar-refractivity contribution in [2.75, 3.05) is 6.54 Å². The Hall–Kier alpha value is -1.80. The maximum Gasteiger partial charge on any atom is 0.131 e. The highest BCUT2D eigenvalue weighted by atomic mass is 16.5. The van der Waals surface area contributed by atoms with Crippen LogP contribution in [0.1, 0.15) is 35.6 Å². The van der Waals surface area contributed by atoms with Crippen LogP contribution in [0.5, 0.6) is 11.5 Å². The highest BCUT2D eigenvalue weighted by Crippen LogP contribution is 2.29. The van der Waals surface area contributed by atoms with Crippen LogP contribution in [0.15, 0.2) is 36.4 Å². The Morgan fingerprint density at radius 3 is 2.24 bits per heavy atom. The van der Waals surface area contributed by atoms with Crippen LogP contribution < -0.4 is 10.1 Å². The molecule has 0 aliphatic heterocycles. The van der Waals surface area contributed by atoms with Crippen LogP contribution in [0.3, 0.4) is 0 Å². The van der Waals surface area contributed by atoms with Gasteiger partial charge >= 0.3 is 0 Å². The largest absolute Gasteiger partial charge is 0.457 e. The van der Waals surface area contributed by atoms with Gasteiger partial charge < -0.3 is 10.1 Å². The zero-order chi connectivity index (χ0) is 15.2. The lowest BCUT2D eigenvalue weighted by Crippen LogP contribution is -2.14. The summed E-state index contributed by atoms with van der Waals surface area (Å²) in [7, 11) is 0. The van der Waals surface area contributed by atoms with Crippen molar-refractivity contribution in [2.45, 2.75) is 40.7 Å². The number of rotatable bonds is 6. The third kappa shape index (κ3) is 4.33. The lowest BCUT2D eigenvalue weighted by Gasteiger charge is -2.14. The fourth-order valence-corrected chi connectivity index (χ4v) is 2.38. The molecule has 2 nitrogen and oxygen atoms in total. The average molecular weight is 283 g/mol. The molecule has 0 unspecified atom stereocenters. The van der Waals surface area contributed by atoms with Crippen LogP contribution >= 0.6 is 0 Å². The SMILES string of the molecule is CCCNCc1cc(C)ccc1Oc1ccc(C)cc1C. The van der Waals surface area contributed by atoms with Crippen molar-refractivity contribution < 1.29 is 4.74 Å². The molecule has 0 saturated heterocycles. The summed E-state index contributed by atoms with van der Waals surface area (Å²) in [5.41, 5.74) is 4.90. The zero-order valence-electron chi connectivity index (χ0n) is 13.5. The van der Waals surface area contributed by atoms with Gasteiger partial charge in [-0.2, -0.15) is 0 Å². The van der Waals surface area contributed by atoms with Crippen molar-refractivity contribution in [3.05, 3.63) is 58.7 Å². The second kappa shape index (κ2) is 7.28. The third-order valence-electron chi connectivity index (χ3n) is 3.51. The summed E-state index contributed by atoms with van der Waals surface area (Å²) < 4.78 is 6.14. The summed E-state index contributed by atoms with van der Waals surface area (Å²) >= 11 is 0. The smallest absolute Gasteiger partial charge is 0.131 e. The molecule has 0 fully saturated rings. The predicted molar refractivity (Wildman–Crippen MR) is 89.2 cm³/mol. The van der Waals surface area contributed by atoms with Gasteiger partial charge in [-0.25, -0.2) is 0 Å². The number of hydrogen-bond donors (Lipinski definition) is 1. The number of nitrogens with one attached hydrogen (secondary N) is 1. The molecule has 21 heavy (non-hydrogen) atoms. The fourth-order valence-electron chi connectivity index (χ4n) is 2.38. The van der Waals surface area contributed by atoms with E-state index in [2.05, 4.69) is 63.3 Å². The minimum absolute atomic E-state index is 0.843. The van der Waals surface area contributed by atoms with Gasteiger partial charge in [0.05, 0.1) is 0 Å². The molecule has 0 spiro atoms. The van der Waals surface area contributed by atoms with Crippen molar-refractivity contribution in [2.24, 2.45) is 0 Å². The van der Waals surface area contributed by atoms with Crippen molar-refractivity contribution in [1.29, 1.82) is 0 Å². The topological polar surface area (TPSA) is 21.3 Å². The normalized spacial score (nSPS) is 10.7. The van der Waals surface area contributed by atoms with Crippen LogP contribution in [0.4, 0.5) is 0 Å². The van der Waals surface area contributed by atoms with Gasteiger partial charge in [-0.1, -0.05) is 42.3 Å². The van der Waals surface area contributed by atoms with Crippen LogP contribution in [0.2, 0.25) is 0 Å². The molecule has 112 valence electrons. The van der Waals surface area contributed by atoms with Crippen LogP contribution in [0.25, 0.3) is 0 Å². The van der Waals surface area contributed by atoms with E-state index >= 15 is 0 Å². The van der Waals surface area contributed by atoms with Gasteiger partial charge in [-0.15, -0.1) is 0 Å². The maximum atomic E-state index is 6.14. The molecule has 2 rings (SSSR count). The minimum Gasteiger partial charge on any atom is -0.457 e. The molecule has 0 heterocycles. The molecule has 0 aliphatic rings. The number of benzene rings is 2. The van der Waals surface area contributed by atoms with E-state index in [9.17, 15) is 0 Å². The molecule has 0 aromatic heterocycles. The first-order valence-corrected chi connectivity index (χ1v) is 7.65. The molecule has 0 atom stereocenters. The first kappa shape index (κ1) is 15.6. The van der Waals surface area contributed by atoms with E-state index in [0.717, 1.165) is 31.0 Å². The average Bonchev–Trinajstić information content (AvgIpc) is 2.44. The van der Waals surface area contributed by atoms with Crippen LogP contribution in [0, 0.1) is 20.8 Å². The van der Waals surface area contributed by atoms with E-state index < -0.39 is 0 Å². The molecular weight excluding hydrogens is 258 g/mol. The summed E-state index contributed by atoms with van der Waals surface area (Å²) in [6.07, 6.45) is 1.14. The second-order valence-corrected chi connectivity index (χ2v) is 5.66. The van der Waals surface area contributed by atoms with Gasteiger partial charge in [-0.05, 0) is 51.4 Å². The van der Waals surface area contributed by atoms with E-state index in [1.54, 1.807) is 0 Å². The van der Waals surface area contributed by atoms with E-state index in [4.69, 9.17) is 4.74 Å². The first-order valence-electron chi connectivity index (χ1n) is 7.65. The monoisotopic (exact) mass is 283 g/mol. The summed E-state index contributed by atoms with van der Waals surface area (Å²) in [5.74, 6) is 1.87. The van der Waals surface area contributed by atoms with E-state index in [1.165, 1.54) is 22.3 Å². The molecule has 0 bridgehead atoms. The lowest BCUT2D eigenvalue weighted by molar-refractivity contribution is 0.469. The van der Waals surface area contributed by atoms with E-state index in [0.29, 0.717) is 0 Å². The summed E-state index contributed by atoms with van der Waals surface area (Å²) in [6, 6.07) is 12.7. The van der Waals surface area contributed by atoms with E-state index in [1.807, 2.05) is 6.07 Å². The highest BCUT2D eigenvalue weighted by molar-refractivity contribution is 5.43. The number of ether oxygens (including phenoxy) is 1. The molecule has 0 radical (unpaired) electrons. The first-order chi connectivity index (χ1) is 10.1. The van der Waals surface area contributed by atoms with Crippen molar-refractivity contribution in [3.63, 3.8) is 0 Å².